The first-order chi connectivity index (χ1) is 45.2. The maximum atomic E-state index is 13.1. The van der Waals surface area contributed by atoms with Gasteiger partial charge in [0.25, 0.3) is 0 Å². The lowest BCUT2D eigenvalue weighted by molar-refractivity contribution is -0.161. The third kappa shape index (κ3) is 66.0. The van der Waals surface area contributed by atoms with Crippen LogP contribution in [0.1, 0.15) is 376 Å². The van der Waals surface area contributed by atoms with Crippen molar-refractivity contribution in [3.8, 4) is 0 Å². The van der Waals surface area contributed by atoms with Crippen molar-refractivity contribution in [2.45, 2.75) is 395 Å². The largest absolute Gasteiger partial charge is 0.472 e. The first-order valence-electron chi connectivity index (χ1n) is 38.8. The summed E-state index contributed by atoms with van der Waals surface area (Å²) in [6.45, 7) is 14.1. The minimum absolute atomic E-state index is 0.103. The lowest BCUT2D eigenvalue weighted by Crippen LogP contribution is -2.30. The van der Waals surface area contributed by atoms with Gasteiger partial charge in [0.1, 0.15) is 19.3 Å². The number of unbranched alkanes of at least 4 members (excludes halogenated alkanes) is 36. The topological polar surface area (TPSA) is 237 Å². The lowest BCUT2D eigenvalue weighted by Gasteiger charge is -2.21. The van der Waals surface area contributed by atoms with Crippen molar-refractivity contribution in [1.29, 1.82) is 0 Å². The van der Waals surface area contributed by atoms with Gasteiger partial charge in [0.15, 0.2) is 12.2 Å². The zero-order valence-electron chi connectivity index (χ0n) is 61.6. The number of carbonyl (C=O) groups excluding carboxylic acids is 4. The Labute approximate surface area is 575 Å². The molecule has 0 aliphatic rings. The van der Waals surface area contributed by atoms with Crippen molar-refractivity contribution in [3.05, 3.63) is 0 Å². The summed E-state index contributed by atoms with van der Waals surface area (Å²) in [5.41, 5.74) is 0. The van der Waals surface area contributed by atoms with Crippen molar-refractivity contribution in [1.82, 2.24) is 0 Å². The van der Waals surface area contributed by atoms with Crippen molar-refractivity contribution < 1.29 is 80.2 Å². The molecule has 0 saturated carbocycles. The van der Waals surface area contributed by atoms with E-state index >= 15 is 0 Å². The maximum Gasteiger partial charge on any atom is 0.472 e. The fraction of sp³-hybridized carbons (Fsp3) is 0.947. The molecule has 0 heterocycles. The summed E-state index contributed by atoms with van der Waals surface area (Å²) in [6, 6.07) is 0. The number of rotatable bonds is 72. The van der Waals surface area contributed by atoms with E-state index in [0.717, 1.165) is 120 Å². The van der Waals surface area contributed by atoms with Crippen LogP contribution in [0, 0.1) is 23.7 Å². The highest BCUT2D eigenvalue weighted by atomic mass is 31.2. The number of carbonyl (C=O) groups is 4. The first kappa shape index (κ1) is 92.1. The molecule has 0 spiro atoms. The van der Waals surface area contributed by atoms with Crippen molar-refractivity contribution in [3.63, 3.8) is 0 Å². The Balaban J connectivity index is 5.14. The highest BCUT2D eigenvalue weighted by Crippen LogP contribution is 2.45. The highest BCUT2D eigenvalue weighted by Gasteiger charge is 2.30. The van der Waals surface area contributed by atoms with Crippen LogP contribution in [0.5, 0.6) is 0 Å². The molecule has 4 unspecified atom stereocenters. The summed E-state index contributed by atoms with van der Waals surface area (Å²) >= 11 is 0. The Bertz CT molecular complexity index is 1850. The third-order valence-electron chi connectivity index (χ3n) is 18.0. The molecule has 0 radical (unpaired) electrons. The van der Waals surface area contributed by atoms with Gasteiger partial charge in [-0.3, -0.25) is 37.3 Å². The Morgan fingerprint density at radius 3 is 0.755 bits per heavy atom. The van der Waals surface area contributed by atoms with Gasteiger partial charge in [0, 0.05) is 25.7 Å². The van der Waals surface area contributed by atoms with Crippen LogP contribution < -0.4 is 0 Å². The normalized spacial score (nSPS) is 14.7. The van der Waals surface area contributed by atoms with Crippen LogP contribution in [0.2, 0.25) is 0 Å². The van der Waals surface area contributed by atoms with E-state index in [1.165, 1.54) is 173 Å². The van der Waals surface area contributed by atoms with Crippen molar-refractivity contribution >= 4 is 39.5 Å². The molecule has 0 aromatic heterocycles. The fourth-order valence-corrected chi connectivity index (χ4v) is 12.9. The zero-order valence-corrected chi connectivity index (χ0v) is 63.4. The number of aliphatic hydroxyl groups excluding tert-OH is 1. The predicted molar refractivity (Wildman–Crippen MR) is 381 cm³/mol. The molecule has 0 aromatic rings. The van der Waals surface area contributed by atoms with E-state index < -0.39 is 97.5 Å². The fourth-order valence-electron chi connectivity index (χ4n) is 11.3. The Kier molecular flexibility index (Phi) is 63.1. The minimum atomic E-state index is -4.96. The Hall–Kier alpha value is -1.94. The van der Waals surface area contributed by atoms with Crippen molar-refractivity contribution in [2.75, 3.05) is 39.6 Å². The van der Waals surface area contributed by atoms with Crippen LogP contribution in [-0.4, -0.2) is 96.7 Å². The van der Waals surface area contributed by atoms with Gasteiger partial charge < -0.3 is 33.8 Å². The van der Waals surface area contributed by atoms with Crippen molar-refractivity contribution in [2.24, 2.45) is 23.7 Å². The van der Waals surface area contributed by atoms with Gasteiger partial charge in [-0.25, -0.2) is 9.13 Å². The highest BCUT2D eigenvalue weighted by molar-refractivity contribution is 7.47. The molecule has 0 saturated heterocycles. The Morgan fingerprint density at radius 1 is 0.298 bits per heavy atom. The molecule has 19 heteroatoms. The van der Waals surface area contributed by atoms with E-state index in [2.05, 4.69) is 55.4 Å². The molecular weight excluding hydrogens is 1230 g/mol. The monoisotopic (exact) mass is 1380 g/mol. The van der Waals surface area contributed by atoms with E-state index in [9.17, 15) is 43.2 Å². The molecular formula is C75H146O17P2. The maximum absolute atomic E-state index is 13.1. The van der Waals surface area contributed by atoms with Crippen LogP contribution >= 0.6 is 15.6 Å². The van der Waals surface area contributed by atoms with E-state index in [1.54, 1.807) is 0 Å². The first-order valence-corrected chi connectivity index (χ1v) is 41.8. The van der Waals surface area contributed by atoms with E-state index in [0.29, 0.717) is 25.7 Å². The Morgan fingerprint density at radius 2 is 0.511 bits per heavy atom. The average molecular weight is 1380 g/mol. The molecule has 0 aliphatic carbocycles. The number of phosphoric acid groups is 2. The molecule has 17 nitrogen and oxygen atoms in total. The van der Waals surface area contributed by atoms with E-state index in [4.69, 9.17) is 37.0 Å². The number of hydrogen-bond donors (Lipinski definition) is 3. The standard InChI is InChI=1S/C75H146O17P2/c1-9-67(7)53-45-37-29-21-19-17-15-13-11-12-14-16-18-20-22-30-39-47-55-72(77)85-61-70(91-74(79)57-49-41-31-25-23-27-35-43-51-65(3)4)63-89-93(81,82)87-59-69(76)60-88-94(83,84)90-64-71(62-86-73(78)56-48-40-34-33-38-46-54-68(8)10-2)92-75(80)58-50-42-32-26-24-28-36-44-52-66(5)6/h65-71,76H,9-64H2,1-8H3,(H,81,82)(H,83,84)/t67?,68?,69-,70-,71-/m1/s1. The van der Waals surface area contributed by atoms with Gasteiger partial charge in [0.2, 0.25) is 0 Å². The number of aliphatic hydroxyl groups is 1. The number of esters is 4. The molecule has 0 bridgehead atoms. The van der Waals surface area contributed by atoms with Gasteiger partial charge in [-0.05, 0) is 49.4 Å². The summed E-state index contributed by atoms with van der Waals surface area (Å²) in [4.78, 5) is 72.6. The molecule has 0 aromatic carbocycles. The molecule has 3 N–H and O–H groups in total. The quantitative estimate of drug-likeness (QED) is 0.0222. The number of hydrogen-bond acceptors (Lipinski definition) is 15. The lowest BCUT2D eigenvalue weighted by atomic mass is 9.99. The molecule has 0 amide bonds. The van der Waals surface area contributed by atoms with Crippen LogP contribution in [0.25, 0.3) is 0 Å². The second-order valence-electron chi connectivity index (χ2n) is 28.5. The minimum Gasteiger partial charge on any atom is -0.462 e. The smallest absolute Gasteiger partial charge is 0.462 e. The third-order valence-corrected chi connectivity index (χ3v) is 19.9. The average Bonchev–Trinajstić information content (AvgIpc) is 1.40. The van der Waals surface area contributed by atoms with E-state index in [1.807, 2.05) is 0 Å². The van der Waals surface area contributed by atoms with Crippen LogP contribution in [0.4, 0.5) is 0 Å². The second-order valence-corrected chi connectivity index (χ2v) is 31.4. The molecule has 94 heavy (non-hydrogen) atoms. The number of ether oxygens (including phenoxy) is 4. The summed E-state index contributed by atoms with van der Waals surface area (Å²) in [5, 5.41) is 10.6. The summed E-state index contributed by atoms with van der Waals surface area (Å²) in [5.74, 6) is 0.913. The summed E-state index contributed by atoms with van der Waals surface area (Å²) in [7, 11) is -9.91. The predicted octanol–water partition coefficient (Wildman–Crippen LogP) is 21.7. The molecule has 7 atom stereocenters. The van der Waals surface area contributed by atoms with Gasteiger partial charge in [-0.15, -0.1) is 0 Å². The van der Waals surface area contributed by atoms with Crippen LogP contribution in [-0.2, 0) is 65.4 Å². The zero-order chi connectivity index (χ0) is 69.6. The molecule has 558 valence electrons. The number of phosphoric ester groups is 2. The summed E-state index contributed by atoms with van der Waals surface area (Å²) < 4.78 is 68.4. The van der Waals surface area contributed by atoms with Crippen LogP contribution in [0.15, 0.2) is 0 Å². The SMILES string of the molecule is CCC(C)CCCCCCCCCCCCCCCCCCCCC(=O)OC[C@H](COP(=O)(O)OC[C@@H](O)COP(=O)(O)OC[C@@H](COC(=O)CCCCCCCCC(C)CC)OC(=O)CCCCCCCCCCC(C)C)OC(=O)CCCCCCCCCCC(C)C. The molecule has 0 rings (SSSR count). The molecule has 0 fully saturated rings. The van der Waals surface area contributed by atoms with Gasteiger partial charge in [-0.2, -0.15) is 0 Å². The van der Waals surface area contributed by atoms with E-state index in [-0.39, 0.29) is 25.7 Å². The van der Waals surface area contributed by atoms with Gasteiger partial charge in [-0.1, -0.05) is 325 Å². The second kappa shape index (κ2) is 64.4. The van der Waals surface area contributed by atoms with Crippen LogP contribution in [0.3, 0.4) is 0 Å². The van der Waals surface area contributed by atoms with Gasteiger partial charge >= 0.3 is 39.5 Å². The summed E-state index contributed by atoms with van der Waals surface area (Å²) in [6.07, 6.45) is 48.9. The van der Waals surface area contributed by atoms with Gasteiger partial charge in [0.05, 0.1) is 26.4 Å². The molecule has 0 aliphatic heterocycles.